The Morgan fingerprint density at radius 3 is 2.84 bits per heavy atom. The molecule has 0 saturated carbocycles. The van der Waals surface area contributed by atoms with Gasteiger partial charge in [0, 0.05) is 46.1 Å². The van der Waals surface area contributed by atoms with Gasteiger partial charge in [-0.1, -0.05) is 45.4 Å². The molecule has 1 N–H and O–H groups in total. The van der Waals surface area contributed by atoms with Crippen LogP contribution in [0.2, 0.25) is 0 Å². The molecule has 3 nitrogen and oxygen atoms in total. The van der Waals surface area contributed by atoms with Crippen molar-refractivity contribution in [2.24, 2.45) is 11.3 Å². The van der Waals surface area contributed by atoms with E-state index in [2.05, 4.69) is 63.3 Å². The lowest BCUT2D eigenvalue weighted by molar-refractivity contribution is 0.317. The zero-order valence-electron chi connectivity index (χ0n) is 19.3. The lowest BCUT2D eigenvalue weighted by Gasteiger charge is -2.32. The third-order valence-electron chi connectivity index (χ3n) is 7.03. The highest BCUT2D eigenvalue weighted by atomic mass is 32.1. The number of aliphatic hydroxyl groups excluding tert-OH is 1. The molecule has 0 aromatic carbocycles. The number of thiol groups is 1. The van der Waals surface area contributed by atoms with E-state index in [1.165, 1.54) is 51.4 Å². The second-order valence-corrected chi connectivity index (χ2v) is 12.0. The number of nitrogens with zero attached hydrogens (tertiary/aromatic N) is 2. The van der Waals surface area contributed by atoms with Crippen LogP contribution in [0.5, 0.6) is 0 Å². The van der Waals surface area contributed by atoms with Gasteiger partial charge in [0.05, 0.1) is 6.26 Å². The third kappa shape index (κ3) is 4.55. The number of aliphatic hydroxyl groups is 1. The summed E-state index contributed by atoms with van der Waals surface area (Å²) in [4.78, 5) is 5.30. The molecule has 5 heteroatoms. The van der Waals surface area contributed by atoms with E-state index in [0.717, 1.165) is 37.9 Å². The maximum Gasteiger partial charge on any atom is 0.0827 e. The van der Waals surface area contributed by atoms with E-state index >= 15 is 0 Å². The minimum absolute atomic E-state index is 0.270. The van der Waals surface area contributed by atoms with Crippen LogP contribution in [0.1, 0.15) is 66.8 Å². The van der Waals surface area contributed by atoms with Crippen molar-refractivity contribution < 1.29 is 5.11 Å². The summed E-state index contributed by atoms with van der Waals surface area (Å²) in [5.74, 6) is 0.618. The van der Waals surface area contributed by atoms with E-state index in [1.807, 2.05) is 22.7 Å². The average Bonchev–Trinajstić information content (AvgIpc) is 3.29. The summed E-state index contributed by atoms with van der Waals surface area (Å²) in [5.41, 5.74) is 6.54. The van der Waals surface area contributed by atoms with Gasteiger partial charge in [-0.25, -0.2) is 0 Å². The van der Waals surface area contributed by atoms with Crippen LogP contribution in [0.25, 0.3) is 5.57 Å². The Hall–Kier alpha value is -1.43. The summed E-state index contributed by atoms with van der Waals surface area (Å²) in [6, 6.07) is 0. The van der Waals surface area contributed by atoms with E-state index in [4.69, 9.17) is 0 Å². The zero-order chi connectivity index (χ0) is 22.3. The SMILES string of the molecule is C=C1CCCN1C1=CC(c2sc3c(c2C(C)=CO)CC(C)(C)CC3)C(CN(C)S)C=C1. The van der Waals surface area contributed by atoms with E-state index in [-0.39, 0.29) is 5.92 Å². The maximum absolute atomic E-state index is 10.0. The van der Waals surface area contributed by atoms with Crippen molar-refractivity contribution in [3.05, 3.63) is 63.3 Å². The van der Waals surface area contributed by atoms with Gasteiger partial charge in [0.25, 0.3) is 0 Å². The Kier molecular flexibility index (Phi) is 6.49. The first-order valence-electron chi connectivity index (χ1n) is 11.4. The van der Waals surface area contributed by atoms with Crippen molar-refractivity contribution in [2.75, 3.05) is 20.1 Å². The highest BCUT2D eigenvalue weighted by Gasteiger charge is 2.35. The van der Waals surface area contributed by atoms with Gasteiger partial charge >= 0.3 is 0 Å². The largest absolute Gasteiger partial charge is 0.515 e. The van der Waals surface area contributed by atoms with Gasteiger partial charge in [-0.05, 0) is 74.3 Å². The fraction of sp³-hybridized carbons (Fsp3) is 0.538. The molecule has 1 aromatic rings. The van der Waals surface area contributed by atoms with Gasteiger partial charge in [0.1, 0.15) is 0 Å². The second kappa shape index (κ2) is 8.84. The maximum atomic E-state index is 10.0. The van der Waals surface area contributed by atoms with Crippen molar-refractivity contribution in [1.82, 2.24) is 9.21 Å². The summed E-state index contributed by atoms with van der Waals surface area (Å²) in [7, 11) is 2.03. The molecule has 0 radical (unpaired) electrons. The molecule has 2 heterocycles. The molecule has 4 rings (SSSR count). The van der Waals surface area contributed by atoms with Crippen LogP contribution in [-0.2, 0) is 12.8 Å². The number of hydrogen-bond donors (Lipinski definition) is 2. The van der Waals surface area contributed by atoms with Crippen LogP contribution in [0, 0.1) is 11.3 Å². The van der Waals surface area contributed by atoms with Gasteiger partial charge in [-0.3, -0.25) is 4.31 Å². The lowest BCUT2D eigenvalue weighted by atomic mass is 9.74. The molecule has 1 aliphatic heterocycles. The monoisotopic (exact) mass is 456 g/mol. The molecule has 0 amide bonds. The molecule has 2 aliphatic carbocycles. The van der Waals surface area contributed by atoms with Crippen LogP contribution in [0.3, 0.4) is 0 Å². The van der Waals surface area contributed by atoms with Gasteiger partial charge in [-0.15, -0.1) is 11.3 Å². The van der Waals surface area contributed by atoms with Crippen molar-refractivity contribution in [2.45, 2.75) is 58.8 Å². The fourth-order valence-electron chi connectivity index (χ4n) is 5.35. The Morgan fingerprint density at radius 2 is 2.19 bits per heavy atom. The number of fused-ring (bicyclic) bond motifs is 1. The molecule has 2 unspecified atom stereocenters. The smallest absolute Gasteiger partial charge is 0.0827 e. The Labute approximate surface area is 197 Å². The molecular formula is C26H36N2OS2. The summed E-state index contributed by atoms with van der Waals surface area (Å²) >= 11 is 6.55. The van der Waals surface area contributed by atoms with Crippen molar-refractivity contribution >= 4 is 29.7 Å². The Morgan fingerprint density at radius 1 is 1.42 bits per heavy atom. The van der Waals surface area contributed by atoms with Gasteiger partial charge in [-0.2, -0.15) is 0 Å². The van der Waals surface area contributed by atoms with E-state index in [9.17, 15) is 5.11 Å². The fourth-order valence-corrected chi connectivity index (χ4v) is 7.07. The van der Waals surface area contributed by atoms with Crippen molar-refractivity contribution in [3.8, 4) is 0 Å². The predicted molar refractivity (Wildman–Crippen MR) is 137 cm³/mol. The van der Waals surface area contributed by atoms with Crippen LogP contribution >= 0.6 is 24.2 Å². The van der Waals surface area contributed by atoms with Crippen LogP contribution in [-0.4, -0.2) is 34.4 Å². The summed E-state index contributed by atoms with van der Waals surface area (Å²) in [5, 5.41) is 10.0. The highest BCUT2D eigenvalue weighted by molar-refractivity contribution is 7.77. The molecule has 1 saturated heterocycles. The molecule has 168 valence electrons. The Balaban J connectivity index is 1.82. The van der Waals surface area contributed by atoms with Crippen molar-refractivity contribution in [3.63, 3.8) is 0 Å². The number of rotatable bonds is 5. The van der Waals surface area contributed by atoms with E-state index < -0.39 is 0 Å². The van der Waals surface area contributed by atoms with Gasteiger partial charge in [0.2, 0.25) is 0 Å². The summed E-state index contributed by atoms with van der Waals surface area (Å²) in [6.07, 6.45) is 14.1. The second-order valence-electron chi connectivity index (χ2n) is 10.2. The quantitative estimate of drug-likeness (QED) is 0.380. The van der Waals surface area contributed by atoms with E-state index in [1.54, 1.807) is 0 Å². The number of hydrogen-bond acceptors (Lipinski definition) is 5. The molecule has 1 aromatic heterocycles. The van der Waals surface area contributed by atoms with Crippen LogP contribution in [0.15, 0.2) is 42.5 Å². The molecule has 0 spiro atoms. The Bertz CT molecular complexity index is 951. The number of likely N-dealkylation sites (tertiary alicyclic amines) is 1. The zero-order valence-corrected chi connectivity index (χ0v) is 21.0. The third-order valence-corrected chi connectivity index (χ3v) is 8.59. The van der Waals surface area contributed by atoms with Crippen molar-refractivity contribution in [1.29, 1.82) is 0 Å². The molecule has 3 aliphatic rings. The minimum Gasteiger partial charge on any atom is -0.515 e. The number of allylic oxidation sites excluding steroid dienone is 4. The topological polar surface area (TPSA) is 26.7 Å². The normalized spacial score (nSPS) is 25.9. The van der Waals surface area contributed by atoms with Gasteiger partial charge < -0.3 is 10.0 Å². The molecule has 0 bridgehead atoms. The molecule has 31 heavy (non-hydrogen) atoms. The number of aryl methyl sites for hydroxylation is 1. The first kappa shape index (κ1) is 22.8. The highest BCUT2D eigenvalue weighted by Crippen LogP contribution is 2.49. The standard InChI is InChI=1S/C26H36N2OS2/c1-17(16-29)24-22-14-26(3,4)11-10-23(22)31-25(24)21-13-20(28-12-6-7-18(28)2)9-8-19(21)15-27(5)30/h8-9,13,16,19,21,29-30H,2,6-7,10-12,14-15H2,1,3-5H3. The van der Waals surface area contributed by atoms with Crippen LogP contribution < -0.4 is 0 Å². The molecule has 2 atom stereocenters. The molecular weight excluding hydrogens is 420 g/mol. The first-order valence-corrected chi connectivity index (χ1v) is 12.6. The minimum atomic E-state index is 0.270. The number of thiophene rings is 1. The first-order chi connectivity index (χ1) is 14.7. The summed E-state index contributed by atoms with van der Waals surface area (Å²) < 4.78 is 1.99. The summed E-state index contributed by atoms with van der Waals surface area (Å²) in [6.45, 7) is 13.0. The molecule has 1 fully saturated rings. The van der Waals surface area contributed by atoms with Gasteiger partial charge in [0.15, 0.2) is 0 Å². The lowest BCUT2D eigenvalue weighted by Crippen LogP contribution is -2.26. The predicted octanol–water partition coefficient (Wildman–Crippen LogP) is 6.72. The van der Waals surface area contributed by atoms with Crippen LogP contribution in [0.4, 0.5) is 0 Å². The average molecular weight is 457 g/mol. The van der Waals surface area contributed by atoms with E-state index in [0.29, 0.717) is 11.3 Å².